The lowest BCUT2D eigenvalue weighted by atomic mass is 10.1. The van der Waals surface area contributed by atoms with Gasteiger partial charge in [0.05, 0.1) is 11.5 Å². The quantitative estimate of drug-likeness (QED) is 0.437. The van der Waals surface area contributed by atoms with Crippen LogP contribution < -0.4 is 10.1 Å². The van der Waals surface area contributed by atoms with E-state index in [4.69, 9.17) is 9.84 Å². The third-order valence-electron chi connectivity index (χ3n) is 2.87. The van der Waals surface area contributed by atoms with Gasteiger partial charge in [0.15, 0.2) is 0 Å². The van der Waals surface area contributed by atoms with Gasteiger partial charge in [-0.2, -0.15) is 0 Å². The van der Waals surface area contributed by atoms with Crippen LogP contribution in [0, 0.1) is 10.1 Å². The zero-order valence-corrected chi connectivity index (χ0v) is 12.9. The summed E-state index contributed by atoms with van der Waals surface area (Å²) in [7, 11) is 0. The summed E-state index contributed by atoms with van der Waals surface area (Å²) in [6, 6.07) is 4.62. The molecule has 2 N–H and O–H groups in total. The Hall–Kier alpha value is -1.66. The minimum absolute atomic E-state index is 0.0587. The second-order valence-corrected chi connectivity index (χ2v) is 5.93. The van der Waals surface area contributed by atoms with Crippen molar-refractivity contribution < 1.29 is 14.8 Å². The molecule has 0 spiro atoms. The van der Waals surface area contributed by atoms with Gasteiger partial charge in [-0.15, -0.1) is 0 Å². The fraction of sp³-hybridized carbons (Fsp3) is 0.600. The van der Waals surface area contributed by atoms with Crippen molar-refractivity contribution >= 4 is 5.69 Å². The highest BCUT2D eigenvalue weighted by atomic mass is 16.6. The maximum atomic E-state index is 10.9. The summed E-state index contributed by atoms with van der Waals surface area (Å²) in [5.41, 5.74) is 0.741. The maximum absolute atomic E-state index is 10.9. The van der Waals surface area contributed by atoms with Gasteiger partial charge in [-0.25, -0.2) is 0 Å². The number of aliphatic hydroxyl groups excluding tert-OH is 1. The first-order valence-electron chi connectivity index (χ1n) is 7.09. The molecule has 1 aromatic rings. The summed E-state index contributed by atoms with van der Waals surface area (Å²) in [6.07, 6.45) is 1.43. The van der Waals surface area contributed by atoms with E-state index in [0.29, 0.717) is 25.3 Å². The first-order chi connectivity index (χ1) is 9.83. The van der Waals surface area contributed by atoms with Crippen LogP contribution in [0.4, 0.5) is 5.69 Å². The predicted molar refractivity (Wildman–Crippen MR) is 81.5 cm³/mol. The van der Waals surface area contributed by atoms with Crippen molar-refractivity contribution in [1.82, 2.24) is 5.32 Å². The van der Waals surface area contributed by atoms with Gasteiger partial charge in [-0.1, -0.05) is 0 Å². The number of ether oxygens (including phenoxy) is 1. The van der Waals surface area contributed by atoms with E-state index in [2.05, 4.69) is 5.32 Å². The van der Waals surface area contributed by atoms with E-state index in [1.54, 1.807) is 12.1 Å². The third-order valence-corrected chi connectivity index (χ3v) is 2.87. The molecule has 6 nitrogen and oxygen atoms in total. The lowest BCUT2D eigenvalue weighted by Crippen LogP contribution is -2.35. The van der Waals surface area contributed by atoms with E-state index in [1.165, 1.54) is 6.07 Å². The van der Waals surface area contributed by atoms with E-state index >= 15 is 0 Å². The first kappa shape index (κ1) is 17.4. The molecule has 0 atom stereocenters. The van der Waals surface area contributed by atoms with Crippen LogP contribution >= 0.6 is 0 Å². The summed E-state index contributed by atoms with van der Waals surface area (Å²) in [5.74, 6) is 0.648. The first-order valence-corrected chi connectivity index (χ1v) is 7.09. The zero-order chi connectivity index (χ0) is 15.9. The summed E-state index contributed by atoms with van der Waals surface area (Å²) in [4.78, 5) is 10.5. The van der Waals surface area contributed by atoms with Crippen molar-refractivity contribution in [2.75, 3.05) is 13.2 Å². The highest BCUT2D eigenvalue weighted by Crippen LogP contribution is 2.25. The maximum Gasteiger partial charge on any atom is 0.270 e. The average molecular weight is 296 g/mol. The molecule has 0 aliphatic heterocycles. The Kier molecular flexibility index (Phi) is 6.58. The van der Waals surface area contributed by atoms with Crippen molar-refractivity contribution in [3.05, 3.63) is 33.9 Å². The highest BCUT2D eigenvalue weighted by Gasteiger charge is 2.15. The lowest BCUT2D eigenvalue weighted by Gasteiger charge is -2.21. The van der Waals surface area contributed by atoms with Gasteiger partial charge in [0, 0.05) is 36.4 Å². The zero-order valence-electron chi connectivity index (χ0n) is 12.9. The molecule has 0 aliphatic rings. The summed E-state index contributed by atoms with van der Waals surface area (Å²) in [6.45, 7) is 7.23. The SMILES string of the molecule is CC(C)(C)NCc1cc([N+](=O)[O-])ccc1OCCCCO. The number of unbranched alkanes of at least 4 members (excludes halogenated alkanes) is 1. The van der Waals surface area contributed by atoms with Crippen LogP contribution in [-0.4, -0.2) is 28.8 Å². The Morgan fingerprint density at radius 3 is 2.62 bits per heavy atom. The van der Waals surface area contributed by atoms with Crippen molar-refractivity contribution in [1.29, 1.82) is 0 Å². The number of nitrogens with zero attached hydrogens (tertiary/aromatic N) is 1. The van der Waals surface area contributed by atoms with E-state index < -0.39 is 4.92 Å². The molecule has 0 saturated heterocycles. The van der Waals surface area contributed by atoms with Crippen LogP contribution in [0.2, 0.25) is 0 Å². The van der Waals surface area contributed by atoms with Crippen molar-refractivity contribution in [2.45, 2.75) is 45.7 Å². The number of rotatable bonds is 8. The molecule has 0 fully saturated rings. The molecule has 0 amide bonds. The molecule has 118 valence electrons. The number of non-ortho nitro benzene ring substituents is 1. The second kappa shape index (κ2) is 7.95. The van der Waals surface area contributed by atoms with Crippen LogP contribution in [0.15, 0.2) is 18.2 Å². The van der Waals surface area contributed by atoms with Crippen LogP contribution in [0.1, 0.15) is 39.2 Å². The Labute approximate surface area is 125 Å². The summed E-state index contributed by atoms with van der Waals surface area (Å²) >= 11 is 0. The molecule has 1 aromatic carbocycles. The molecule has 0 heterocycles. The number of nitrogens with one attached hydrogen (secondary N) is 1. The number of nitro benzene ring substituents is 1. The molecule has 21 heavy (non-hydrogen) atoms. The smallest absolute Gasteiger partial charge is 0.270 e. The van der Waals surface area contributed by atoms with Crippen molar-refractivity contribution in [2.24, 2.45) is 0 Å². The van der Waals surface area contributed by atoms with Gasteiger partial charge < -0.3 is 15.2 Å². The van der Waals surface area contributed by atoms with Gasteiger partial charge in [0.2, 0.25) is 0 Å². The largest absolute Gasteiger partial charge is 0.493 e. The van der Waals surface area contributed by atoms with E-state index in [9.17, 15) is 10.1 Å². The Balaban J connectivity index is 2.81. The van der Waals surface area contributed by atoms with Crippen LogP contribution in [-0.2, 0) is 6.54 Å². The molecule has 0 bridgehead atoms. The average Bonchev–Trinajstić information content (AvgIpc) is 2.41. The molecule has 0 aromatic heterocycles. The summed E-state index contributed by atoms with van der Waals surface area (Å²) in [5, 5.41) is 22.9. The van der Waals surface area contributed by atoms with Crippen molar-refractivity contribution in [3.8, 4) is 5.75 Å². The van der Waals surface area contributed by atoms with E-state index in [-0.39, 0.29) is 17.8 Å². The number of hydrogen-bond donors (Lipinski definition) is 2. The van der Waals surface area contributed by atoms with E-state index in [0.717, 1.165) is 12.0 Å². The molecule has 0 saturated carbocycles. The lowest BCUT2D eigenvalue weighted by molar-refractivity contribution is -0.384. The molecule has 1 rings (SSSR count). The number of hydrogen-bond acceptors (Lipinski definition) is 5. The van der Waals surface area contributed by atoms with Gasteiger partial charge in [-0.3, -0.25) is 10.1 Å². The van der Waals surface area contributed by atoms with Gasteiger partial charge in [0.1, 0.15) is 5.75 Å². The predicted octanol–water partition coefficient (Wildman–Crippen LogP) is 2.63. The van der Waals surface area contributed by atoms with Gasteiger partial charge in [0.25, 0.3) is 5.69 Å². The molecule has 0 unspecified atom stereocenters. The summed E-state index contributed by atoms with van der Waals surface area (Å²) < 4.78 is 5.67. The van der Waals surface area contributed by atoms with E-state index in [1.807, 2.05) is 20.8 Å². The molecule has 6 heteroatoms. The molecule has 0 aliphatic carbocycles. The fourth-order valence-electron chi connectivity index (χ4n) is 1.71. The molecule has 0 radical (unpaired) electrons. The van der Waals surface area contributed by atoms with Gasteiger partial charge in [-0.05, 0) is 39.7 Å². The number of benzene rings is 1. The normalized spacial score (nSPS) is 11.4. The topological polar surface area (TPSA) is 84.6 Å². The van der Waals surface area contributed by atoms with Crippen molar-refractivity contribution in [3.63, 3.8) is 0 Å². The minimum atomic E-state index is -0.407. The van der Waals surface area contributed by atoms with Crippen LogP contribution in [0.3, 0.4) is 0 Å². The second-order valence-electron chi connectivity index (χ2n) is 5.93. The fourth-order valence-corrected chi connectivity index (χ4v) is 1.71. The Morgan fingerprint density at radius 2 is 2.05 bits per heavy atom. The van der Waals surface area contributed by atoms with Crippen LogP contribution in [0.5, 0.6) is 5.75 Å². The molecular weight excluding hydrogens is 272 g/mol. The van der Waals surface area contributed by atoms with Crippen LogP contribution in [0.25, 0.3) is 0 Å². The Bertz CT molecular complexity index is 469. The van der Waals surface area contributed by atoms with Gasteiger partial charge >= 0.3 is 0 Å². The Morgan fingerprint density at radius 1 is 1.33 bits per heavy atom. The highest BCUT2D eigenvalue weighted by molar-refractivity contribution is 5.43. The monoisotopic (exact) mass is 296 g/mol. The molecular formula is C15H24N2O4. The standard InChI is InChI=1S/C15H24N2O4/c1-15(2,3)16-11-12-10-13(17(19)20)6-7-14(12)21-9-5-4-8-18/h6-7,10,16,18H,4-5,8-9,11H2,1-3H3. The third kappa shape index (κ3) is 6.55. The number of aliphatic hydroxyl groups is 1. The minimum Gasteiger partial charge on any atom is -0.493 e. The number of nitro groups is 1.